The maximum Gasteiger partial charge on any atom is 2.00 e. The van der Waals surface area contributed by atoms with Crippen LogP contribution in [0.25, 0.3) is 22.5 Å². The number of rotatable bonds is 4. The van der Waals surface area contributed by atoms with Gasteiger partial charge in [0, 0.05) is 12.4 Å². The molecule has 4 nitrogen and oxygen atoms in total. The first-order chi connectivity index (χ1) is 14.6. The third kappa shape index (κ3) is 6.50. The molecule has 0 radical (unpaired) electrons. The molecule has 31 heavy (non-hydrogen) atoms. The van der Waals surface area contributed by atoms with E-state index in [1.165, 1.54) is 11.1 Å². The summed E-state index contributed by atoms with van der Waals surface area (Å²) >= 11 is 0. The Bertz CT molecular complexity index is 1030. The predicted octanol–water partition coefficient (Wildman–Crippen LogP) is 5.73. The average Bonchev–Trinajstić information content (AvgIpc) is 2.80. The van der Waals surface area contributed by atoms with E-state index in [0.717, 1.165) is 34.0 Å². The molecular formula is C26H24N2O2Pt. The van der Waals surface area contributed by atoms with E-state index >= 15 is 0 Å². The summed E-state index contributed by atoms with van der Waals surface area (Å²) in [6, 6.07) is 25.7. The van der Waals surface area contributed by atoms with Gasteiger partial charge in [0.25, 0.3) is 0 Å². The van der Waals surface area contributed by atoms with Crippen LogP contribution < -0.4 is 9.47 Å². The molecule has 2 heterocycles. The number of benzene rings is 2. The first kappa shape index (κ1) is 24.3. The van der Waals surface area contributed by atoms with E-state index in [4.69, 9.17) is 9.47 Å². The normalized spacial score (nSPS) is 9.68. The van der Waals surface area contributed by atoms with Crippen LogP contribution in [0, 0.1) is 26.0 Å². The average molecular weight is 592 g/mol. The summed E-state index contributed by atoms with van der Waals surface area (Å²) < 4.78 is 10.3. The summed E-state index contributed by atoms with van der Waals surface area (Å²) in [6.07, 6.45) is 3.49. The van der Waals surface area contributed by atoms with Crippen LogP contribution in [0.4, 0.5) is 0 Å². The van der Waals surface area contributed by atoms with Crippen molar-refractivity contribution in [2.24, 2.45) is 0 Å². The number of pyridine rings is 2. The summed E-state index contributed by atoms with van der Waals surface area (Å²) in [5.41, 5.74) is 6.17. The Balaban J connectivity index is 0.000000213. The number of aromatic nitrogens is 2. The second-order valence-corrected chi connectivity index (χ2v) is 6.62. The summed E-state index contributed by atoms with van der Waals surface area (Å²) in [4.78, 5) is 8.61. The monoisotopic (exact) mass is 591 g/mol. The molecule has 0 unspecified atom stereocenters. The Labute approximate surface area is 198 Å². The molecular weight excluding hydrogens is 567 g/mol. The first-order valence-electron chi connectivity index (χ1n) is 9.58. The van der Waals surface area contributed by atoms with Crippen LogP contribution in [0.15, 0.2) is 73.1 Å². The molecule has 0 bridgehead atoms. The van der Waals surface area contributed by atoms with Gasteiger partial charge in [-0.15, -0.1) is 70.8 Å². The van der Waals surface area contributed by atoms with Crippen molar-refractivity contribution >= 4 is 0 Å². The number of hydrogen-bond donors (Lipinski definition) is 0. The number of nitrogens with zero attached hydrogens (tertiary/aromatic N) is 2. The number of aryl methyl sites for hydroxylation is 2. The molecule has 0 saturated carbocycles. The molecule has 0 atom stereocenters. The maximum absolute atomic E-state index is 5.16. The van der Waals surface area contributed by atoms with Crippen LogP contribution in [0.1, 0.15) is 11.1 Å². The molecule has 5 heteroatoms. The Kier molecular flexibility index (Phi) is 9.42. The van der Waals surface area contributed by atoms with E-state index in [1.807, 2.05) is 74.5 Å². The van der Waals surface area contributed by atoms with Gasteiger partial charge in [-0.05, 0) is 35.7 Å². The van der Waals surface area contributed by atoms with Gasteiger partial charge in [0.2, 0.25) is 0 Å². The van der Waals surface area contributed by atoms with Gasteiger partial charge in [-0.3, -0.25) is 0 Å². The van der Waals surface area contributed by atoms with Gasteiger partial charge in [0.15, 0.2) is 0 Å². The molecule has 4 rings (SSSR count). The molecule has 0 aliphatic heterocycles. The van der Waals surface area contributed by atoms with E-state index in [2.05, 4.69) is 22.1 Å². The predicted molar refractivity (Wildman–Crippen MR) is 120 cm³/mol. The quantitative estimate of drug-likeness (QED) is 0.285. The molecule has 0 N–H and O–H groups in total. The maximum atomic E-state index is 5.16. The largest absolute Gasteiger partial charge is 2.00 e. The zero-order valence-corrected chi connectivity index (χ0v) is 20.2. The minimum Gasteiger partial charge on any atom is -0.497 e. The number of methoxy groups -OCH3 is 2. The molecule has 0 spiro atoms. The topological polar surface area (TPSA) is 44.2 Å². The van der Waals surface area contributed by atoms with Crippen molar-refractivity contribution in [2.75, 3.05) is 14.2 Å². The molecule has 4 aromatic rings. The fourth-order valence-corrected chi connectivity index (χ4v) is 2.94. The van der Waals surface area contributed by atoms with Crippen molar-refractivity contribution in [3.63, 3.8) is 0 Å². The Morgan fingerprint density at radius 2 is 1.10 bits per heavy atom. The standard InChI is InChI=1S/2C13H12NO.Pt/c2*1-10-5-3-4-6-12(10)13-9-11(15-2)7-8-14-13;/h2*3-5,7-9H,1-2H3;/q2*-1;+2. The fraction of sp³-hybridized carbons (Fsp3) is 0.154. The summed E-state index contributed by atoms with van der Waals surface area (Å²) in [5.74, 6) is 1.63. The summed E-state index contributed by atoms with van der Waals surface area (Å²) in [6.45, 7) is 4.10. The second-order valence-electron chi connectivity index (χ2n) is 6.62. The van der Waals surface area contributed by atoms with Gasteiger partial charge in [-0.25, -0.2) is 0 Å². The Hall–Kier alpha value is -2.97. The molecule has 0 saturated heterocycles. The number of ether oxygens (including phenoxy) is 2. The second kappa shape index (κ2) is 12.0. The molecule has 0 amide bonds. The third-order valence-corrected chi connectivity index (χ3v) is 4.58. The van der Waals surface area contributed by atoms with E-state index in [9.17, 15) is 0 Å². The molecule has 0 aliphatic carbocycles. The molecule has 160 valence electrons. The van der Waals surface area contributed by atoms with E-state index in [-0.39, 0.29) is 21.1 Å². The smallest absolute Gasteiger partial charge is 0.497 e. The minimum absolute atomic E-state index is 0. The van der Waals surface area contributed by atoms with E-state index < -0.39 is 0 Å². The van der Waals surface area contributed by atoms with Crippen LogP contribution in [0.2, 0.25) is 0 Å². The van der Waals surface area contributed by atoms with Crippen molar-refractivity contribution in [3.05, 3.63) is 96.3 Å². The first-order valence-corrected chi connectivity index (χ1v) is 9.58. The van der Waals surface area contributed by atoms with Crippen molar-refractivity contribution in [1.82, 2.24) is 9.97 Å². The van der Waals surface area contributed by atoms with Gasteiger partial charge >= 0.3 is 21.1 Å². The molecule has 2 aromatic carbocycles. The minimum atomic E-state index is 0. The fourth-order valence-electron chi connectivity index (χ4n) is 2.94. The SMILES string of the molecule is COc1ccnc(-c2[c-]cccc2C)c1.COc1ccnc(-c2[c-]cccc2C)c1.[Pt+2]. The van der Waals surface area contributed by atoms with Crippen molar-refractivity contribution in [3.8, 4) is 34.0 Å². The Morgan fingerprint density at radius 1 is 0.677 bits per heavy atom. The van der Waals surface area contributed by atoms with Gasteiger partial charge in [0.1, 0.15) is 11.5 Å². The van der Waals surface area contributed by atoms with Crippen molar-refractivity contribution in [1.29, 1.82) is 0 Å². The summed E-state index contributed by atoms with van der Waals surface area (Å²) in [7, 11) is 3.31. The van der Waals surface area contributed by atoms with Gasteiger partial charge in [-0.1, -0.05) is 13.8 Å². The van der Waals surface area contributed by atoms with Crippen molar-refractivity contribution < 1.29 is 30.5 Å². The van der Waals surface area contributed by atoms with Gasteiger partial charge in [-0.2, -0.15) is 0 Å². The summed E-state index contributed by atoms with van der Waals surface area (Å²) in [5, 5.41) is 0. The zero-order chi connectivity index (χ0) is 21.3. The van der Waals surface area contributed by atoms with Gasteiger partial charge < -0.3 is 19.4 Å². The van der Waals surface area contributed by atoms with Crippen LogP contribution in [-0.2, 0) is 21.1 Å². The van der Waals surface area contributed by atoms with Crippen LogP contribution >= 0.6 is 0 Å². The molecule has 2 aromatic heterocycles. The van der Waals surface area contributed by atoms with Crippen LogP contribution in [0.5, 0.6) is 11.5 Å². The zero-order valence-electron chi connectivity index (χ0n) is 18.0. The Morgan fingerprint density at radius 3 is 1.45 bits per heavy atom. The van der Waals surface area contributed by atoms with Crippen LogP contribution in [-0.4, -0.2) is 24.2 Å². The van der Waals surface area contributed by atoms with Gasteiger partial charge in [0.05, 0.1) is 14.2 Å². The van der Waals surface area contributed by atoms with Crippen LogP contribution in [0.3, 0.4) is 0 Å². The van der Waals surface area contributed by atoms with E-state index in [0.29, 0.717) is 0 Å². The van der Waals surface area contributed by atoms with Crippen molar-refractivity contribution in [2.45, 2.75) is 13.8 Å². The third-order valence-electron chi connectivity index (χ3n) is 4.58. The molecule has 0 aliphatic rings. The molecule has 0 fully saturated rings. The number of hydrogen-bond acceptors (Lipinski definition) is 4. The van der Waals surface area contributed by atoms with E-state index in [1.54, 1.807) is 26.6 Å².